The van der Waals surface area contributed by atoms with E-state index >= 15 is 0 Å². The molecule has 0 heterocycles. The smallest absolute Gasteiger partial charge is 0.319 e. The highest BCUT2D eigenvalue weighted by Gasteiger charge is 2.14. The van der Waals surface area contributed by atoms with E-state index in [1.165, 1.54) is 6.07 Å². The van der Waals surface area contributed by atoms with Gasteiger partial charge in [-0.2, -0.15) is 0 Å². The fourth-order valence-corrected chi connectivity index (χ4v) is 3.09. The van der Waals surface area contributed by atoms with E-state index in [-0.39, 0.29) is 16.7 Å². The Bertz CT molecular complexity index is 848. The highest BCUT2D eigenvalue weighted by Crippen LogP contribution is 2.20. The molecule has 0 fully saturated rings. The van der Waals surface area contributed by atoms with Crippen molar-refractivity contribution in [3.63, 3.8) is 0 Å². The van der Waals surface area contributed by atoms with Crippen molar-refractivity contribution in [3.05, 3.63) is 54.1 Å². The molecule has 7 heteroatoms. The van der Waals surface area contributed by atoms with Gasteiger partial charge in [0, 0.05) is 12.8 Å². The van der Waals surface area contributed by atoms with Crippen molar-refractivity contribution < 1.29 is 17.9 Å². The molecule has 0 aliphatic heterocycles. The quantitative estimate of drug-likeness (QED) is 0.826. The van der Waals surface area contributed by atoms with Crippen LogP contribution in [-0.2, 0) is 16.4 Å². The van der Waals surface area contributed by atoms with E-state index in [1.54, 1.807) is 18.2 Å². The molecule has 0 aromatic heterocycles. The number of nitrogens with one attached hydrogen (secondary N) is 2. The van der Waals surface area contributed by atoms with Crippen molar-refractivity contribution in [1.29, 1.82) is 0 Å². The van der Waals surface area contributed by atoms with E-state index in [2.05, 4.69) is 10.6 Å². The second-order valence-corrected chi connectivity index (χ2v) is 7.87. The summed E-state index contributed by atoms with van der Waals surface area (Å²) in [6.07, 6.45) is 1.17. The van der Waals surface area contributed by atoms with E-state index in [0.29, 0.717) is 6.54 Å². The van der Waals surface area contributed by atoms with Crippen LogP contribution in [0.2, 0.25) is 0 Å². The Morgan fingerprint density at radius 1 is 1.12 bits per heavy atom. The number of anilines is 1. The molecule has 134 valence electrons. The maximum absolute atomic E-state index is 12.1. The molecule has 2 N–H and O–H groups in total. The minimum absolute atomic E-state index is 0.0685. The van der Waals surface area contributed by atoms with Crippen molar-refractivity contribution >= 4 is 21.6 Å². The molecule has 0 saturated carbocycles. The molecule has 0 radical (unpaired) electrons. The third-order valence-electron chi connectivity index (χ3n) is 3.26. The molecule has 2 aromatic carbocycles. The molecule has 0 bridgehead atoms. The Morgan fingerprint density at radius 3 is 2.52 bits per heavy atom. The van der Waals surface area contributed by atoms with E-state index in [0.717, 1.165) is 17.6 Å². The lowest BCUT2D eigenvalue weighted by molar-refractivity contribution is 0.242. The van der Waals surface area contributed by atoms with Gasteiger partial charge in [0.2, 0.25) is 0 Å². The summed E-state index contributed by atoms with van der Waals surface area (Å²) in [6, 6.07) is 13.2. The third-order valence-corrected chi connectivity index (χ3v) is 4.41. The van der Waals surface area contributed by atoms with Gasteiger partial charge >= 0.3 is 6.03 Å². The number of rotatable bonds is 6. The summed E-state index contributed by atoms with van der Waals surface area (Å²) in [5, 5.41) is 5.28. The lowest BCUT2D eigenvalue weighted by Crippen LogP contribution is -2.28. The number of sulfone groups is 1. The summed E-state index contributed by atoms with van der Waals surface area (Å²) in [6.45, 7) is 4.18. The first kappa shape index (κ1) is 18.8. The van der Waals surface area contributed by atoms with Gasteiger partial charge in [-0.3, -0.25) is 0 Å². The van der Waals surface area contributed by atoms with Gasteiger partial charge in [0.15, 0.2) is 9.84 Å². The van der Waals surface area contributed by atoms with Crippen molar-refractivity contribution in [2.75, 3.05) is 11.6 Å². The molecule has 2 rings (SSSR count). The topological polar surface area (TPSA) is 84.5 Å². The van der Waals surface area contributed by atoms with Crippen LogP contribution in [0.5, 0.6) is 5.75 Å². The lowest BCUT2D eigenvalue weighted by atomic mass is 10.2. The summed E-state index contributed by atoms with van der Waals surface area (Å²) >= 11 is 0. The highest BCUT2D eigenvalue weighted by atomic mass is 32.2. The minimum atomic E-state index is -3.42. The molecular weight excluding hydrogens is 340 g/mol. The van der Waals surface area contributed by atoms with Crippen LogP contribution in [0.1, 0.15) is 19.4 Å². The van der Waals surface area contributed by atoms with Gasteiger partial charge in [0.1, 0.15) is 5.75 Å². The summed E-state index contributed by atoms with van der Waals surface area (Å²) in [7, 11) is -3.42. The van der Waals surface area contributed by atoms with Crippen LogP contribution in [0, 0.1) is 0 Å². The van der Waals surface area contributed by atoms with Gasteiger partial charge in [-0.1, -0.05) is 24.3 Å². The lowest BCUT2D eigenvalue weighted by Gasteiger charge is -2.12. The zero-order valence-electron chi connectivity index (χ0n) is 14.4. The zero-order chi connectivity index (χ0) is 18.4. The van der Waals surface area contributed by atoms with E-state index < -0.39 is 15.9 Å². The van der Waals surface area contributed by atoms with E-state index in [1.807, 2.05) is 38.1 Å². The standard InChI is InChI=1S/C18H22N2O4S/c1-13(2)24-15-8-6-7-14(11-15)12-19-18(21)20-16-9-4-5-10-17(16)25(3,22)23/h4-11,13H,12H2,1-3H3,(H2,19,20,21). The minimum Gasteiger partial charge on any atom is -0.491 e. The number of ether oxygens (including phenoxy) is 1. The molecule has 0 saturated heterocycles. The number of para-hydroxylation sites is 1. The maximum atomic E-state index is 12.1. The average molecular weight is 362 g/mol. The predicted molar refractivity (Wildman–Crippen MR) is 97.6 cm³/mol. The first-order valence-electron chi connectivity index (χ1n) is 7.85. The van der Waals surface area contributed by atoms with Gasteiger partial charge in [-0.25, -0.2) is 13.2 Å². The second kappa shape index (κ2) is 8.02. The Labute approximate surface area is 148 Å². The molecule has 6 nitrogen and oxygen atoms in total. The van der Waals surface area contributed by atoms with Crippen molar-refractivity contribution in [3.8, 4) is 5.75 Å². The summed E-state index contributed by atoms with van der Waals surface area (Å²) in [4.78, 5) is 12.2. The number of amides is 2. The Morgan fingerprint density at radius 2 is 1.84 bits per heavy atom. The Hall–Kier alpha value is -2.54. The monoisotopic (exact) mass is 362 g/mol. The number of hydrogen-bond donors (Lipinski definition) is 2. The van der Waals surface area contributed by atoms with Gasteiger partial charge in [-0.15, -0.1) is 0 Å². The highest BCUT2D eigenvalue weighted by molar-refractivity contribution is 7.90. The van der Waals surface area contributed by atoms with Gasteiger partial charge < -0.3 is 15.4 Å². The van der Waals surface area contributed by atoms with Crippen LogP contribution in [0.25, 0.3) is 0 Å². The molecule has 25 heavy (non-hydrogen) atoms. The van der Waals surface area contributed by atoms with Gasteiger partial charge in [0.25, 0.3) is 0 Å². The van der Waals surface area contributed by atoms with Crippen molar-refractivity contribution in [2.45, 2.75) is 31.4 Å². The Balaban J connectivity index is 2.00. The number of carbonyl (C=O) groups excluding carboxylic acids is 1. The summed E-state index contributed by atoms with van der Waals surface area (Å²) in [5.74, 6) is 0.733. The molecule has 0 spiro atoms. The molecule has 0 atom stereocenters. The van der Waals surface area contributed by atoms with Crippen molar-refractivity contribution in [1.82, 2.24) is 5.32 Å². The van der Waals surface area contributed by atoms with Crippen LogP contribution < -0.4 is 15.4 Å². The van der Waals surface area contributed by atoms with Crippen LogP contribution in [0.4, 0.5) is 10.5 Å². The van der Waals surface area contributed by atoms with Crippen LogP contribution in [-0.4, -0.2) is 26.8 Å². The van der Waals surface area contributed by atoms with Crippen LogP contribution >= 0.6 is 0 Å². The Kier molecular flexibility index (Phi) is 6.03. The first-order chi connectivity index (χ1) is 11.8. The fraction of sp³-hybridized carbons (Fsp3) is 0.278. The molecule has 0 aliphatic carbocycles. The van der Waals surface area contributed by atoms with Crippen LogP contribution in [0.3, 0.4) is 0 Å². The number of hydrogen-bond acceptors (Lipinski definition) is 4. The largest absolute Gasteiger partial charge is 0.491 e. The average Bonchev–Trinajstić information content (AvgIpc) is 2.52. The molecule has 2 aromatic rings. The zero-order valence-corrected chi connectivity index (χ0v) is 15.3. The SMILES string of the molecule is CC(C)Oc1cccc(CNC(=O)Nc2ccccc2S(C)(=O)=O)c1. The molecule has 0 aliphatic rings. The van der Waals surface area contributed by atoms with Gasteiger partial charge in [-0.05, 0) is 43.7 Å². The molecular formula is C18H22N2O4S. The number of carbonyl (C=O) groups is 1. The van der Waals surface area contributed by atoms with Crippen molar-refractivity contribution in [2.24, 2.45) is 0 Å². The van der Waals surface area contributed by atoms with E-state index in [4.69, 9.17) is 4.74 Å². The normalized spacial score (nSPS) is 11.2. The van der Waals surface area contributed by atoms with E-state index in [9.17, 15) is 13.2 Å². The summed E-state index contributed by atoms with van der Waals surface area (Å²) < 4.78 is 29.1. The second-order valence-electron chi connectivity index (χ2n) is 5.89. The molecule has 2 amide bonds. The first-order valence-corrected chi connectivity index (χ1v) is 9.74. The number of benzene rings is 2. The molecule has 0 unspecified atom stereocenters. The number of urea groups is 1. The fourth-order valence-electron chi connectivity index (χ4n) is 2.24. The predicted octanol–water partition coefficient (Wildman–Crippen LogP) is 3.20. The maximum Gasteiger partial charge on any atom is 0.319 e. The summed E-state index contributed by atoms with van der Waals surface area (Å²) in [5.41, 5.74) is 1.13. The van der Waals surface area contributed by atoms with Gasteiger partial charge in [0.05, 0.1) is 16.7 Å². The van der Waals surface area contributed by atoms with Crippen LogP contribution in [0.15, 0.2) is 53.4 Å². The third kappa shape index (κ3) is 5.79.